The molecule has 0 bridgehead atoms. The van der Waals surface area contributed by atoms with Crippen LogP contribution in [-0.2, 0) is 14.3 Å². The number of aldehydes is 1. The highest BCUT2D eigenvalue weighted by Gasteiger charge is 2.45. The van der Waals surface area contributed by atoms with Crippen molar-refractivity contribution >= 4 is 12.3 Å². The molecule has 2 atom stereocenters. The highest BCUT2D eigenvalue weighted by molar-refractivity contribution is 5.92. The molecule has 3 N–H and O–H groups in total. The molecule has 0 aromatic heterocycles. The molecule has 2 unspecified atom stereocenters. The van der Waals surface area contributed by atoms with E-state index in [0.29, 0.717) is 6.29 Å². The summed E-state index contributed by atoms with van der Waals surface area (Å²) < 4.78 is 4.72. The fraction of sp³-hybridized carbons (Fsp3) is 0.400. The number of aliphatic hydroxyl groups is 1. The van der Waals surface area contributed by atoms with Gasteiger partial charge in [-0.2, -0.15) is 0 Å². The van der Waals surface area contributed by atoms with Gasteiger partial charge >= 0.3 is 5.97 Å². The maximum Gasteiger partial charge on any atom is 0.338 e. The Morgan fingerprint density at radius 3 is 2.80 bits per heavy atom. The topological polar surface area (TPSA) is 89.6 Å². The van der Waals surface area contributed by atoms with E-state index in [0.717, 1.165) is 6.20 Å². The summed E-state index contributed by atoms with van der Waals surface area (Å²) in [6.45, 7) is 3.50. The van der Waals surface area contributed by atoms with Crippen molar-refractivity contribution < 1.29 is 19.4 Å². The molecule has 0 saturated carbocycles. The van der Waals surface area contributed by atoms with Crippen LogP contribution in [0.15, 0.2) is 24.4 Å². The first-order valence-corrected chi connectivity index (χ1v) is 4.50. The lowest BCUT2D eigenvalue weighted by Gasteiger charge is -2.35. The Bertz CT molecular complexity index is 315. The Morgan fingerprint density at radius 1 is 1.67 bits per heavy atom. The predicted octanol–water partition coefficient (Wildman–Crippen LogP) is -0.492. The van der Waals surface area contributed by atoms with Crippen LogP contribution in [-0.4, -0.2) is 29.6 Å². The van der Waals surface area contributed by atoms with Crippen molar-refractivity contribution in [3.8, 4) is 0 Å². The molecule has 0 amide bonds. The van der Waals surface area contributed by atoms with E-state index in [4.69, 9.17) is 10.5 Å². The number of cyclic esters (lactones) is 1. The van der Waals surface area contributed by atoms with Gasteiger partial charge in [0.2, 0.25) is 0 Å². The van der Waals surface area contributed by atoms with Gasteiger partial charge in [-0.15, -0.1) is 6.58 Å². The Labute approximate surface area is 87.2 Å². The summed E-state index contributed by atoms with van der Waals surface area (Å²) in [6.07, 6.45) is 2.93. The number of esters is 1. The first-order chi connectivity index (χ1) is 7.10. The Hall–Kier alpha value is -1.62. The Morgan fingerprint density at radius 2 is 2.33 bits per heavy atom. The second-order valence-electron chi connectivity index (χ2n) is 3.29. The number of carbonyl (C=O) groups is 2. The predicted molar refractivity (Wildman–Crippen MR) is 52.5 cm³/mol. The summed E-state index contributed by atoms with van der Waals surface area (Å²) in [5.74, 6) is -1.56. The van der Waals surface area contributed by atoms with Crippen molar-refractivity contribution in [2.45, 2.75) is 12.0 Å². The van der Waals surface area contributed by atoms with Crippen LogP contribution in [0.4, 0.5) is 0 Å². The van der Waals surface area contributed by atoms with Crippen molar-refractivity contribution in [3.05, 3.63) is 24.4 Å². The molecule has 82 valence electrons. The molecule has 1 aliphatic heterocycles. The summed E-state index contributed by atoms with van der Waals surface area (Å²) in [7, 11) is 0. The first kappa shape index (κ1) is 11.5. The van der Waals surface area contributed by atoms with E-state index in [2.05, 4.69) is 6.58 Å². The molecule has 0 aromatic carbocycles. The fourth-order valence-corrected chi connectivity index (χ4v) is 1.61. The summed E-state index contributed by atoms with van der Waals surface area (Å²) >= 11 is 0. The number of hydrogen-bond acceptors (Lipinski definition) is 5. The highest BCUT2D eigenvalue weighted by Crippen LogP contribution is 2.33. The smallest absolute Gasteiger partial charge is 0.338 e. The molecular weight excluding hydrogens is 198 g/mol. The monoisotopic (exact) mass is 211 g/mol. The van der Waals surface area contributed by atoms with Crippen LogP contribution >= 0.6 is 0 Å². The first-order valence-electron chi connectivity index (χ1n) is 4.50. The van der Waals surface area contributed by atoms with Crippen molar-refractivity contribution in [2.75, 3.05) is 6.61 Å². The summed E-state index contributed by atoms with van der Waals surface area (Å²) in [5, 5.41) is 10.2. The summed E-state index contributed by atoms with van der Waals surface area (Å²) in [5.41, 5.74) is 3.56. The van der Waals surface area contributed by atoms with E-state index in [1.54, 1.807) is 0 Å². The lowest BCUT2D eigenvalue weighted by molar-refractivity contribution is -0.150. The second kappa shape index (κ2) is 4.27. The normalized spacial score (nSPS) is 30.7. The van der Waals surface area contributed by atoms with E-state index < -0.39 is 17.5 Å². The molecule has 5 heteroatoms. The second-order valence-corrected chi connectivity index (χ2v) is 3.29. The van der Waals surface area contributed by atoms with Crippen molar-refractivity contribution in [3.63, 3.8) is 0 Å². The van der Waals surface area contributed by atoms with Crippen LogP contribution < -0.4 is 5.73 Å². The molecular formula is C10H13NO4. The number of ether oxygens (including phenoxy) is 1. The average molecular weight is 211 g/mol. The third-order valence-electron chi connectivity index (χ3n) is 2.52. The van der Waals surface area contributed by atoms with E-state index in [1.807, 2.05) is 0 Å². The molecule has 0 aliphatic carbocycles. The lowest BCUT2D eigenvalue weighted by Crippen LogP contribution is -2.47. The number of carbonyl (C=O) groups excluding carboxylic acids is 2. The zero-order valence-corrected chi connectivity index (χ0v) is 8.18. The molecule has 1 fully saturated rings. The van der Waals surface area contributed by atoms with Crippen LogP contribution in [0, 0.1) is 5.92 Å². The van der Waals surface area contributed by atoms with E-state index in [9.17, 15) is 14.7 Å². The van der Waals surface area contributed by atoms with Crippen molar-refractivity contribution in [2.24, 2.45) is 11.7 Å². The van der Waals surface area contributed by atoms with Crippen molar-refractivity contribution in [1.29, 1.82) is 0 Å². The largest absolute Gasteiger partial charge is 0.462 e. The van der Waals surface area contributed by atoms with Crippen LogP contribution in [0.2, 0.25) is 0 Å². The summed E-state index contributed by atoms with van der Waals surface area (Å²) in [6, 6.07) is 0. The summed E-state index contributed by atoms with van der Waals surface area (Å²) in [4.78, 5) is 22.1. The van der Waals surface area contributed by atoms with Gasteiger partial charge in [0.05, 0.1) is 18.1 Å². The quantitative estimate of drug-likeness (QED) is 0.284. The molecule has 1 aliphatic rings. The Balaban J connectivity index is 3.12. The lowest BCUT2D eigenvalue weighted by atomic mass is 9.78. The van der Waals surface area contributed by atoms with Crippen LogP contribution in [0.25, 0.3) is 0 Å². The van der Waals surface area contributed by atoms with Gasteiger partial charge in [0, 0.05) is 12.6 Å². The molecule has 1 rings (SSSR count). The van der Waals surface area contributed by atoms with Crippen LogP contribution in [0.1, 0.15) is 6.42 Å². The average Bonchev–Trinajstić information content (AvgIpc) is 2.19. The van der Waals surface area contributed by atoms with E-state index in [-0.39, 0.29) is 18.6 Å². The molecule has 0 spiro atoms. The molecule has 15 heavy (non-hydrogen) atoms. The minimum Gasteiger partial charge on any atom is -0.462 e. The zero-order valence-electron chi connectivity index (χ0n) is 8.18. The zero-order chi connectivity index (χ0) is 11.5. The maximum absolute atomic E-state index is 11.3. The maximum atomic E-state index is 11.3. The van der Waals surface area contributed by atoms with Gasteiger partial charge in [-0.05, 0) is 0 Å². The molecule has 0 radical (unpaired) electrons. The molecule has 1 saturated heterocycles. The Kier molecular flexibility index (Phi) is 3.26. The minimum atomic E-state index is -1.59. The minimum absolute atomic E-state index is 0.0604. The van der Waals surface area contributed by atoms with Gasteiger partial charge in [-0.3, -0.25) is 0 Å². The number of nitrogens with two attached hydrogens (primary N) is 1. The molecule has 5 nitrogen and oxygen atoms in total. The number of hydrogen-bond donors (Lipinski definition) is 2. The van der Waals surface area contributed by atoms with Gasteiger partial charge in [0.1, 0.15) is 11.9 Å². The third kappa shape index (κ3) is 1.78. The van der Waals surface area contributed by atoms with Gasteiger partial charge in [-0.25, -0.2) is 4.79 Å². The van der Waals surface area contributed by atoms with E-state index >= 15 is 0 Å². The van der Waals surface area contributed by atoms with Crippen LogP contribution in [0.5, 0.6) is 0 Å². The van der Waals surface area contributed by atoms with E-state index in [1.165, 1.54) is 6.08 Å². The van der Waals surface area contributed by atoms with Gasteiger partial charge < -0.3 is 20.4 Å². The van der Waals surface area contributed by atoms with Gasteiger partial charge in [0.15, 0.2) is 0 Å². The fourth-order valence-electron chi connectivity index (χ4n) is 1.61. The highest BCUT2D eigenvalue weighted by atomic mass is 16.5. The van der Waals surface area contributed by atoms with Gasteiger partial charge in [-0.1, -0.05) is 6.08 Å². The molecule has 0 aromatic rings. The van der Waals surface area contributed by atoms with Crippen molar-refractivity contribution in [1.82, 2.24) is 0 Å². The SMILES string of the molecule is C=CC(C=O)C1(O)CCOC(=O)C1=CN. The standard InChI is InChI=1S/C10H13NO4/c1-2-7(6-12)10(14)3-4-15-9(13)8(10)5-11/h2,5-7,14H,1,3-4,11H2. The van der Waals surface area contributed by atoms with Crippen LogP contribution in [0.3, 0.4) is 0 Å². The third-order valence-corrected chi connectivity index (χ3v) is 2.52. The molecule has 1 heterocycles. The van der Waals surface area contributed by atoms with Gasteiger partial charge in [0.25, 0.3) is 0 Å². The number of rotatable bonds is 3.